The number of rotatable bonds is 4. The molecule has 1 aliphatic rings. The highest BCUT2D eigenvalue weighted by molar-refractivity contribution is 6.30. The SMILES string of the molecule is CC(Cc1ccc(Cl)cc1)NC1C(=O)Nc2ccccc21. The van der Waals surface area contributed by atoms with Crippen LogP contribution in [0.25, 0.3) is 0 Å². The Balaban J connectivity index is 1.69. The fourth-order valence-electron chi connectivity index (χ4n) is 2.69. The lowest BCUT2D eigenvalue weighted by Crippen LogP contribution is -2.35. The van der Waals surface area contributed by atoms with Gasteiger partial charge in [0.25, 0.3) is 0 Å². The van der Waals surface area contributed by atoms with Gasteiger partial charge in [0.1, 0.15) is 6.04 Å². The molecule has 108 valence electrons. The van der Waals surface area contributed by atoms with Gasteiger partial charge in [-0.25, -0.2) is 0 Å². The van der Waals surface area contributed by atoms with E-state index in [1.165, 1.54) is 5.56 Å². The fraction of sp³-hybridized carbons (Fsp3) is 0.235. The average molecular weight is 301 g/mol. The van der Waals surface area contributed by atoms with Gasteiger partial charge in [0.15, 0.2) is 0 Å². The number of para-hydroxylation sites is 1. The summed E-state index contributed by atoms with van der Waals surface area (Å²) < 4.78 is 0. The summed E-state index contributed by atoms with van der Waals surface area (Å²) in [5.41, 5.74) is 3.12. The van der Waals surface area contributed by atoms with Crippen LogP contribution in [-0.4, -0.2) is 11.9 Å². The minimum atomic E-state index is -0.275. The van der Waals surface area contributed by atoms with Crippen LogP contribution in [0.4, 0.5) is 5.69 Å². The van der Waals surface area contributed by atoms with Crippen LogP contribution in [0.2, 0.25) is 5.02 Å². The monoisotopic (exact) mass is 300 g/mol. The van der Waals surface area contributed by atoms with E-state index in [2.05, 4.69) is 17.6 Å². The number of hydrogen-bond acceptors (Lipinski definition) is 2. The summed E-state index contributed by atoms with van der Waals surface area (Å²) in [6, 6.07) is 15.5. The van der Waals surface area contributed by atoms with E-state index in [1.807, 2.05) is 48.5 Å². The Hall–Kier alpha value is -1.84. The summed E-state index contributed by atoms with van der Waals surface area (Å²) in [4.78, 5) is 12.1. The van der Waals surface area contributed by atoms with Crippen molar-refractivity contribution in [2.75, 3.05) is 5.32 Å². The Labute approximate surface area is 129 Å². The van der Waals surface area contributed by atoms with Crippen molar-refractivity contribution in [3.8, 4) is 0 Å². The maximum absolute atomic E-state index is 12.1. The molecule has 2 atom stereocenters. The Bertz CT molecular complexity index is 654. The number of benzene rings is 2. The molecule has 0 saturated carbocycles. The van der Waals surface area contributed by atoms with Crippen LogP contribution in [0.3, 0.4) is 0 Å². The zero-order valence-electron chi connectivity index (χ0n) is 11.8. The van der Waals surface area contributed by atoms with Crippen LogP contribution in [0.1, 0.15) is 24.1 Å². The van der Waals surface area contributed by atoms with Crippen molar-refractivity contribution in [2.45, 2.75) is 25.4 Å². The van der Waals surface area contributed by atoms with Gasteiger partial charge in [0.05, 0.1) is 0 Å². The molecule has 0 bridgehead atoms. The maximum atomic E-state index is 12.1. The Morgan fingerprint density at radius 3 is 2.67 bits per heavy atom. The minimum absolute atomic E-state index is 0.0131. The molecule has 0 aliphatic carbocycles. The van der Waals surface area contributed by atoms with Gasteiger partial charge in [-0.3, -0.25) is 10.1 Å². The number of amides is 1. The molecule has 0 saturated heterocycles. The number of hydrogen-bond donors (Lipinski definition) is 2. The molecule has 2 aromatic carbocycles. The average Bonchev–Trinajstić information content (AvgIpc) is 2.78. The Morgan fingerprint density at radius 2 is 1.90 bits per heavy atom. The van der Waals surface area contributed by atoms with Crippen molar-refractivity contribution >= 4 is 23.2 Å². The molecule has 1 aliphatic heterocycles. The molecule has 0 fully saturated rings. The summed E-state index contributed by atoms with van der Waals surface area (Å²) in [7, 11) is 0. The molecule has 3 nitrogen and oxygen atoms in total. The molecule has 3 rings (SSSR count). The lowest BCUT2D eigenvalue weighted by molar-refractivity contribution is -0.117. The first-order valence-electron chi connectivity index (χ1n) is 7.04. The third-order valence-corrected chi connectivity index (χ3v) is 3.95. The first-order chi connectivity index (χ1) is 10.1. The van der Waals surface area contributed by atoms with Gasteiger partial charge in [-0.2, -0.15) is 0 Å². The number of anilines is 1. The van der Waals surface area contributed by atoms with Crippen molar-refractivity contribution in [3.63, 3.8) is 0 Å². The zero-order chi connectivity index (χ0) is 14.8. The molecule has 0 radical (unpaired) electrons. The second-order valence-electron chi connectivity index (χ2n) is 5.41. The summed E-state index contributed by atoms with van der Waals surface area (Å²) in [5, 5.41) is 7.05. The summed E-state index contributed by atoms with van der Waals surface area (Å²) in [5.74, 6) is 0.0131. The molecule has 2 aromatic rings. The lowest BCUT2D eigenvalue weighted by Gasteiger charge is -2.18. The van der Waals surface area contributed by atoms with Gasteiger partial charge in [0, 0.05) is 22.3 Å². The van der Waals surface area contributed by atoms with Crippen LogP contribution in [0.5, 0.6) is 0 Å². The number of halogens is 1. The van der Waals surface area contributed by atoms with Crippen LogP contribution in [0, 0.1) is 0 Å². The number of fused-ring (bicyclic) bond motifs is 1. The van der Waals surface area contributed by atoms with Gasteiger partial charge in [-0.1, -0.05) is 41.9 Å². The highest BCUT2D eigenvalue weighted by Gasteiger charge is 2.30. The maximum Gasteiger partial charge on any atom is 0.246 e. The molecule has 1 heterocycles. The lowest BCUT2D eigenvalue weighted by atomic mass is 10.0. The van der Waals surface area contributed by atoms with Gasteiger partial charge in [-0.05, 0) is 37.1 Å². The number of carbonyl (C=O) groups excluding carboxylic acids is 1. The van der Waals surface area contributed by atoms with Gasteiger partial charge >= 0.3 is 0 Å². The van der Waals surface area contributed by atoms with E-state index in [0.29, 0.717) is 0 Å². The Morgan fingerprint density at radius 1 is 1.19 bits per heavy atom. The quantitative estimate of drug-likeness (QED) is 0.906. The summed E-state index contributed by atoms with van der Waals surface area (Å²) in [6.07, 6.45) is 0.850. The molecule has 4 heteroatoms. The van der Waals surface area contributed by atoms with E-state index in [0.717, 1.165) is 22.7 Å². The van der Waals surface area contributed by atoms with Crippen LogP contribution in [-0.2, 0) is 11.2 Å². The first-order valence-corrected chi connectivity index (χ1v) is 7.41. The zero-order valence-corrected chi connectivity index (χ0v) is 12.5. The highest BCUT2D eigenvalue weighted by Crippen LogP contribution is 2.30. The smallest absolute Gasteiger partial charge is 0.246 e. The summed E-state index contributed by atoms with van der Waals surface area (Å²) >= 11 is 5.89. The predicted octanol–water partition coefficient (Wildman–Crippen LogP) is 3.55. The largest absolute Gasteiger partial charge is 0.324 e. The van der Waals surface area contributed by atoms with E-state index in [-0.39, 0.29) is 18.0 Å². The molecule has 0 aromatic heterocycles. The van der Waals surface area contributed by atoms with Crippen molar-refractivity contribution in [1.82, 2.24) is 5.32 Å². The molecule has 2 N–H and O–H groups in total. The topological polar surface area (TPSA) is 41.1 Å². The van der Waals surface area contributed by atoms with E-state index in [4.69, 9.17) is 11.6 Å². The molecular formula is C17H17ClN2O. The normalized spacial score (nSPS) is 18.2. The van der Waals surface area contributed by atoms with E-state index in [1.54, 1.807) is 0 Å². The van der Waals surface area contributed by atoms with E-state index < -0.39 is 0 Å². The predicted molar refractivity (Wildman–Crippen MR) is 85.6 cm³/mol. The number of carbonyl (C=O) groups is 1. The number of nitrogens with one attached hydrogen (secondary N) is 2. The molecule has 21 heavy (non-hydrogen) atoms. The van der Waals surface area contributed by atoms with Gasteiger partial charge in [0.2, 0.25) is 5.91 Å². The molecule has 0 spiro atoms. The standard InChI is InChI=1S/C17H17ClN2O/c1-11(10-12-6-8-13(18)9-7-12)19-16-14-4-2-3-5-15(14)20-17(16)21/h2-9,11,16,19H,10H2,1H3,(H,20,21). The van der Waals surface area contributed by atoms with Crippen LogP contribution in [0.15, 0.2) is 48.5 Å². The van der Waals surface area contributed by atoms with Crippen molar-refractivity contribution in [3.05, 3.63) is 64.7 Å². The summed E-state index contributed by atoms with van der Waals surface area (Å²) in [6.45, 7) is 2.09. The minimum Gasteiger partial charge on any atom is -0.324 e. The second-order valence-corrected chi connectivity index (χ2v) is 5.84. The third-order valence-electron chi connectivity index (χ3n) is 3.70. The van der Waals surface area contributed by atoms with Gasteiger partial charge < -0.3 is 5.32 Å². The van der Waals surface area contributed by atoms with E-state index in [9.17, 15) is 4.79 Å². The highest BCUT2D eigenvalue weighted by atomic mass is 35.5. The third kappa shape index (κ3) is 3.09. The molecular weight excluding hydrogens is 284 g/mol. The second kappa shape index (κ2) is 5.88. The van der Waals surface area contributed by atoms with Crippen LogP contribution >= 0.6 is 11.6 Å². The van der Waals surface area contributed by atoms with Crippen molar-refractivity contribution < 1.29 is 4.79 Å². The van der Waals surface area contributed by atoms with E-state index >= 15 is 0 Å². The molecule has 2 unspecified atom stereocenters. The Kier molecular flexibility index (Phi) is 3.95. The van der Waals surface area contributed by atoms with Crippen LogP contribution < -0.4 is 10.6 Å². The van der Waals surface area contributed by atoms with Crippen molar-refractivity contribution in [2.24, 2.45) is 0 Å². The first kappa shape index (κ1) is 14.1. The molecule has 1 amide bonds. The fourth-order valence-corrected chi connectivity index (χ4v) is 2.82. The van der Waals surface area contributed by atoms with Gasteiger partial charge in [-0.15, -0.1) is 0 Å². The van der Waals surface area contributed by atoms with Crippen molar-refractivity contribution in [1.29, 1.82) is 0 Å².